The van der Waals surface area contributed by atoms with Crippen molar-refractivity contribution in [3.05, 3.63) is 41.3 Å². The van der Waals surface area contributed by atoms with Crippen LogP contribution in [0.15, 0.2) is 28.9 Å². The van der Waals surface area contributed by atoms with Gasteiger partial charge in [-0.25, -0.2) is 9.02 Å². The Morgan fingerprint density at radius 2 is 2.00 bits per heavy atom. The molecule has 1 aromatic heterocycles. The Morgan fingerprint density at radius 1 is 1.33 bits per heavy atom. The summed E-state index contributed by atoms with van der Waals surface area (Å²) in [6.07, 6.45) is 0.727. The molecule has 3 rings (SSSR count). The van der Waals surface area contributed by atoms with Crippen LogP contribution in [0.25, 0.3) is 0 Å². The molecule has 2 aromatic rings. The van der Waals surface area contributed by atoms with Gasteiger partial charge in [0.15, 0.2) is 0 Å². The molecule has 1 fully saturated rings. The average molecular weight is 333 g/mol. The number of halogens is 1. The standard InChI is InChI=1S/C17H20FN3O3/c1-11-14(21-24-20-11)23-9-8-19-15(22)17(10-16(17,2)3)12-4-6-13(18)7-5-12/h4-7H,8-10H2,1-3H3,(H,19,22)/t17-/m0/s1. The van der Waals surface area contributed by atoms with Crippen LogP contribution >= 0.6 is 0 Å². The second kappa shape index (κ2) is 5.89. The van der Waals surface area contributed by atoms with Gasteiger partial charge in [-0.1, -0.05) is 31.1 Å². The van der Waals surface area contributed by atoms with Crippen LogP contribution in [0.3, 0.4) is 0 Å². The van der Waals surface area contributed by atoms with Gasteiger partial charge in [0.05, 0.1) is 12.0 Å². The second-order valence-electron chi connectivity index (χ2n) is 6.73. The molecule has 0 bridgehead atoms. The fourth-order valence-corrected chi connectivity index (χ4v) is 3.18. The van der Waals surface area contributed by atoms with E-state index in [-0.39, 0.29) is 23.7 Å². The molecule has 1 N–H and O–H groups in total. The quantitative estimate of drug-likeness (QED) is 0.821. The normalized spacial score (nSPS) is 21.3. The van der Waals surface area contributed by atoms with Crippen LogP contribution in [0.2, 0.25) is 0 Å². The van der Waals surface area contributed by atoms with Crippen LogP contribution in [0, 0.1) is 18.2 Å². The number of nitrogens with one attached hydrogen (secondary N) is 1. The first-order chi connectivity index (χ1) is 11.4. The van der Waals surface area contributed by atoms with Gasteiger partial charge in [-0.15, -0.1) is 0 Å². The van der Waals surface area contributed by atoms with Crippen molar-refractivity contribution in [2.45, 2.75) is 32.6 Å². The Labute approximate surface area is 139 Å². The van der Waals surface area contributed by atoms with Gasteiger partial charge in [0.25, 0.3) is 5.88 Å². The minimum absolute atomic E-state index is 0.0716. The smallest absolute Gasteiger partial charge is 0.278 e. The molecule has 1 aromatic carbocycles. The molecule has 24 heavy (non-hydrogen) atoms. The summed E-state index contributed by atoms with van der Waals surface area (Å²) in [6, 6.07) is 6.15. The minimum Gasteiger partial charge on any atom is -0.472 e. The monoisotopic (exact) mass is 333 g/mol. The average Bonchev–Trinajstić information content (AvgIpc) is 2.91. The van der Waals surface area contributed by atoms with Crippen molar-refractivity contribution in [2.24, 2.45) is 5.41 Å². The molecule has 1 aliphatic rings. The molecule has 1 heterocycles. The van der Waals surface area contributed by atoms with Crippen molar-refractivity contribution < 1.29 is 18.6 Å². The Balaban J connectivity index is 1.62. The molecule has 128 valence electrons. The number of aryl methyl sites for hydroxylation is 1. The summed E-state index contributed by atoms with van der Waals surface area (Å²) in [5, 5.41) is 10.1. The number of carbonyl (C=O) groups excluding carboxylic acids is 1. The summed E-state index contributed by atoms with van der Waals surface area (Å²) in [4.78, 5) is 12.7. The van der Waals surface area contributed by atoms with Crippen molar-refractivity contribution >= 4 is 5.91 Å². The van der Waals surface area contributed by atoms with E-state index in [4.69, 9.17) is 4.74 Å². The first-order valence-corrected chi connectivity index (χ1v) is 7.83. The van der Waals surface area contributed by atoms with Crippen molar-refractivity contribution in [3.8, 4) is 5.88 Å². The molecule has 1 atom stereocenters. The molecule has 0 aliphatic heterocycles. The number of rotatable bonds is 6. The number of amides is 1. The Morgan fingerprint density at radius 3 is 2.54 bits per heavy atom. The second-order valence-corrected chi connectivity index (χ2v) is 6.73. The van der Waals surface area contributed by atoms with E-state index in [1.54, 1.807) is 19.1 Å². The van der Waals surface area contributed by atoms with Crippen LogP contribution in [0.1, 0.15) is 31.5 Å². The first kappa shape index (κ1) is 16.4. The third-order valence-electron chi connectivity index (χ3n) is 4.70. The lowest BCUT2D eigenvalue weighted by Gasteiger charge is -2.20. The highest BCUT2D eigenvalue weighted by molar-refractivity contribution is 5.93. The lowest BCUT2D eigenvalue weighted by atomic mass is 9.87. The highest BCUT2D eigenvalue weighted by Gasteiger charge is 2.66. The minimum atomic E-state index is -0.619. The SMILES string of the molecule is Cc1nonc1OCCNC(=O)[C@@]1(c2ccc(F)cc2)CC1(C)C. The highest BCUT2D eigenvalue weighted by atomic mass is 19.1. The maximum Gasteiger partial charge on any atom is 0.278 e. The van der Waals surface area contributed by atoms with Gasteiger partial charge < -0.3 is 10.1 Å². The zero-order valence-corrected chi connectivity index (χ0v) is 13.9. The van der Waals surface area contributed by atoms with Crippen LogP contribution in [0.5, 0.6) is 5.88 Å². The number of benzene rings is 1. The molecule has 1 saturated carbocycles. The van der Waals surface area contributed by atoms with E-state index in [9.17, 15) is 9.18 Å². The summed E-state index contributed by atoms with van der Waals surface area (Å²) in [6.45, 7) is 6.40. The van der Waals surface area contributed by atoms with Crippen LogP contribution in [-0.2, 0) is 10.2 Å². The van der Waals surface area contributed by atoms with Gasteiger partial charge in [-0.2, -0.15) is 0 Å². The van der Waals surface area contributed by atoms with E-state index in [2.05, 4.69) is 20.3 Å². The number of carbonyl (C=O) groups is 1. The lowest BCUT2D eigenvalue weighted by molar-refractivity contribution is -0.124. The van der Waals surface area contributed by atoms with E-state index < -0.39 is 5.41 Å². The molecule has 6 nitrogen and oxygen atoms in total. The molecular formula is C17H20FN3O3. The predicted molar refractivity (Wildman–Crippen MR) is 84.0 cm³/mol. The number of ether oxygens (including phenoxy) is 1. The van der Waals surface area contributed by atoms with E-state index in [0.29, 0.717) is 18.1 Å². The molecular weight excluding hydrogens is 313 g/mol. The topological polar surface area (TPSA) is 77.2 Å². The van der Waals surface area contributed by atoms with Gasteiger partial charge in [0, 0.05) is 0 Å². The van der Waals surface area contributed by atoms with Crippen molar-refractivity contribution in [2.75, 3.05) is 13.2 Å². The van der Waals surface area contributed by atoms with E-state index in [1.165, 1.54) is 12.1 Å². The van der Waals surface area contributed by atoms with Crippen molar-refractivity contribution in [1.29, 1.82) is 0 Å². The third kappa shape index (κ3) is 2.74. The Bertz CT molecular complexity index is 742. The molecule has 1 amide bonds. The maximum absolute atomic E-state index is 13.2. The number of hydrogen-bond donors (Lipinski definition) is 1. The first-order valence-electron chi connectivity index (χ1n) is 7.83. The summed E-state index contributed by atoms with van der Waals surface area (Å²) in [5.41, 5.74) is 0.616. The zero-order chi connectivity index (χ0) is 17.4. The van der Waals surface area contributed by atoms with Crippen LogP contribution in [0.4, 0.5) is 4.39 Å². The highest BCUT2D eigenvalue weighted by Crippen LogP contribution is 2.64. The molecule has 0 unspecified atom stereocenters. The Hall–Kier alpha value is -2.44. The zero-order valence-electron chi connectivity index (χ0n) is 13.9. The molecule has 0 saturated heterocycles. The fourth-order valence-electron chi connectivity index (χ4n) is 3.18. The summed E-state index contributed by atoms with van der Waals surface area (Å²) < 4.78 is 23.1. The van der Waals surface area contributed by atoms with Gasteiger partial charge in [-0.05, 0) is 41.6 Å². The van der Waals surface area contributed by atoms with E-state index in [0.717, 1.165) is 12.0 Å². The third-order valence-corrected chi connectivity index (χ3v) is 4.70. The molecule has 1 aliphatic carbocycles. The molecule has 7 heteroatoms. The maximum atomic E-state index is 13.2. The summed E-state index contributed by atoms with van der Waals surface area (Å²) in [7, 11) is 0. The Kier molecular flexibility index (Phi) is 4.03. The van der Waals surface area contributed by atoms with Crippen LogP contribution < -0.4 is 10.1 Å². The number of aromatic nitrogens is 2. The van der Waals surface area contributed by atoms with Gasteiger partial charge in [-0.3, -0.25) is 4.79 Å². The summed E-state index contributed by atoms with van der Waals surface area (Å²) in [5.74, 6) is -0.0558. The van der Waals surface area contributed by atoms with Crippen molar-refractivity contribution in [1.82, 2.24) is 15.6 Å². The summed E-state index contributed by atoms with van der Waals surface area (Å²) >= 11 is 0. The largest absolute Gasteiger partial charge is 0.472 e. The van der Waals surface area contributed by atoms with Gasteiger partial charge in [0.2, 0.25) is 5.91 Å². The van der Waals surface area contributed by atoms with Crippen molar-refractivity contribution in [3.63, 3.8) is 0 Å². The molecule has 0 radical (unpaired) electrons. The fraction of sp³-hybridized carbons (Fsp3) is 0.471. The van der Waals surface area contributed by atoms with Gasteiger partial charge >= 0.3 is 0 Å². The molecule has 0 spiro atoms. The van der Waals surface area contributed by atoms with E-state index >= 15 is 0 Å². The predicted octanol–water partition coefficient (Wildman–Crippen LogP) is 2.38. The number of nitrogens with zero attached hydrogens (tertiary/aromatic N) is 2. The van der Waals surface area contributed by atoms with Crippen LogP contribution in [-0.4, -0.2) is 29.4 Å². The van der Waals surface area contributed by atoms with Gasteiger partial charge in [0.1, 0.15) is 18.1 Å². The van der Waals surface area contributed by atoms with E-state index in [1.807, 2.05) is 13.8 Å². The lowest BCUT2D eigenvalue weighted by Crippen LogP contribution is -2.39. The number of hydrogen-bond acceptors (Lipinski definition) is 5.